The number of hydrogen-bond donors (Lipinski definition) is 2. The van der Waals surface area contributed by atoms with Crippen LogP contribution in [0.5, 0.6) is 0 Å². The molecule has 0 aliphatic heterocycles. The highest BCUT2D eigenvalue weighted by atomic mass is 32.2. The molecule has 3 rings (SSSR count). The predicted octanol–water partition coefficient (Wildman–Crippen LogP) is 4.30. The maximum atomic E-state index is 12.8. The average molecular weight is 340 g/mol. The van der Waals surface area contributed by atoms with Crippen LogP contribution in [0, 0.1) is 13.8 Å². The van der Waals surface area contributed by atoms with E-state index in [1.807, 2.05) is 50.4 Å². The topological polar surface area (TPSA) is 58.2 Å². The van der Waals surface area contributed by atoms with E-state index in [9.17, 15) is 8.42 Å². The lowest BCUT2D eigenvalue weighted by atomic mass is 10.0. The molecule has 0 saturated heterocycles. The lowest BCUT2D eigenvalue weighted by molar-refractivity contribution is 0.600. The molecule has 0 aliphatic carbocycles. The highest BCUT2D eigenvalue weighted by molar-refractivity contribution is 7.92. The molecule has 0 atom stereocenters. The van der Waals surface area contributed by atoms with Gasteiger partial charge < -0.3 is 5.32 Å². The predicted molar refractivity (Wildman–Crippen MR) is 100 cm³/mol. The first-order chi connectivity index (χ1) is 11.4. The summed E-state index contributed by atoms with van der Waals surface area (Å²) in [5, 5.41) is 5.03. The Labute approximate surface area is 142 Å². The van der Waals surface area contributed by atoms with Crippen LogP contribution in [0.25, 0.3) is 10.8 Å². The number of benzene rings is 3. The Hall–Kier alpha value is -2.53. The monoisotopic (exact) mass is 340 g/mol. The van der Waals surface area contributed by atoms with Crippen molar-refractivity contribution >= 4 is 32.2 Å². The van der Waals surface area contributed by atoms with Crippen LogP contribution in [0.15, 0.2) is 59.5 Å². The fraction of sp³-hybridized carbons (Fsp3) is 0.158. The molecule has 0 amide bonds. The van der Waals surface area contributed by atoms with Gasteiger partial charge in [0.1, 0.15) is 0 Å². The Morgan fingerprint density at radius 2 is 1.46 bits per heavy atom. The van der Waals surface area contributed by atoms with Crippen molar-refractivity contribution in [1.29, 1.82) is 0 Å². The third-order valence-electron chi connectivity index (χ3n) is 4.21. The Balaban J connectivity index is 2.17. The molecular formula is C19H20N2O2S. The van der Waals surface area contributed by atoms with Gasteiger partial charge in [-0.05, 0) is 42.5 Å². The second-order valence-corrected chi connectivity index (χ2v) is 7.41. The summed E-state index contributed by atoms with van der Waals surface area (Å²) in [7, 11) is -1.82. The number of nitrogens with one attached hydrogen (secondary N) is 2. The maximum absolute atomic E-state index is 12.8. The quantitative estimate of drug-likeness (QED) is 0.744. The fourth-order valence-corrected chi connectivity index (χ4v) is 4.24. The summed E-state index contributed by atoms with van der Waals surface area (Å²) in [6, 6.07) is 16.6. The zero-order chi connectivity index (χ0) is 17.3. The van der Waals surface area contributed by atoms with Gasteiger partial charge in [-0.1, -0.05) is 42.5 Å². The second kappa shape index (κ2) is 6.17. The van der Waals surface area contributed by atoms with Crippen LogP contribution in [0.1, 0.15) is 11.1 Å². The van der Waals surface area contributed by atoms with E-state index in [4.69, 9.17) is 0 Å². The van der Waals surface area contributed by atoms with Crippen molar-refractivity contribution in [2.45, 2.75) is 18.7 Å². The number of rotatable bonds is 4. The van der Waals surface area contributed by atoms with E-state index >= 15 is 0 Å². The van der Waals surface area contributed by atoms with E-state index in [-0.39, 0.29) is 0 Å². The normalized spacial score (nSPS) is 11.5. The first-order valence-corrected chi connectivity index (χ1v) is 9.21. The molecule has 0 spiro atoms. The lowest BCUT2D eigenvalue weighted by Crippen LogP contribution is -2.14. The van der Waals surface area contributed by atoms with Gasteiger partial charge >= 0.3 is 0 Å². The molecule has 3 aromatic carbocycles. The van der Waals surface area contributed by atoms with Crippen LogP contribution >= 0.6 is 0 Å². The Morgan fingerprint density at radius 1 is 0.833 bits per heavy atom. The van der Waals surface area contributed by atoms with Gasteiger partial charge in [0.15, 0.2) is 0 Å². The molecule has 0 unspecified atom stereocenters. The zero-order valence-corrected chi connectivity index (χ0v) is 14.7. The van der Waals surface area contributed by atoms with Gasteiger partial charge in [0.05, 0.1) is 10.6 Å². The van der Waals surface area contributed by atoms with Gasteiger partial charge in [0.2, 0.25) is 0 Å². The molecule has 0 aromatic heterocycles. The first-order valence-electron chi connectivity index (χ1n) is 7.72. The van der Waals surface area contributed by atoms with Gasteiger partial charge in [-0.3, -0.25) is 4.72 Å². The lowest BCUT2D eigenvalue weighted by Gasteiger charge is -2.16. The number of anilines is 2. The van der Waals surface area contributed by atoms with Gasteiger partial charge in [0, 0.05) is 18.1 Å². The summed E-state index contributed by atoms with van der Waals surface area (Å²) in [5.41, 5.74) is 3.28. The molecular weight excluding hydrogens is 320 g/mol. The SMILES string of the molecule is CNc1cc(NS(=O)(=O)c2ccccc2C)c2ccccc2c1C. The zero-order valence-electron chi connectivity index (χ0n) is 13.9. The molecule has 0 aliphatic rings. The molecule has 24 heavy (non-hydrogen) atoms. The third-order valence-corrected chi connectivity index (χ3v) is 5.74. The van der Waals surface area contributed by atoms with Crippen molar-refractivity contribution in [3.8, 4) is 0 Å². The van der Waals surface area contributed by atoms with E-state index in [2.05, 4.69) is 10.0 Å². The van der Waals surface area contributed by atoms with Crippen LogP contribution in [0.4, 0.5) is 11.4 Å². The van der Waals surface area contributed by atoms with Crippen molar-refractivity contribution in [3.05, 3.63) is 65.7 Å². The molecule has 0 bridgehead atoms. The molecule has 4 nitrogen and oxygen atoms in total. The molecule has 0 heterocycles. The van der Waals surface area contributed by atoms with Crippen LogP contribution in [0.2, 0.25) is 0 Å². The summed E-state index contributed by atoms with van der Waals surface area (Å²) in [6.45, 7) is 3.81. The highest BCUT2D eigenvalue weighted by Gasteiger charge is 2.18. The van der Waals surface area contributed by atoms with Crippen molar-refractivity contribution in [2.24, 2.45) is 0 Å². The minimum Gasteiger partial charge on any atom is -0.388 e. The minimum atomic E-state index is -3.65. The summed E-state index contributed by atoms with van der Waals surface area (Å²) in [4.78, 5) is 0.292. The standard InChI is InChI=1S/C19H20N2O2S/c1-13-8-4-7-11-19(13)24(22,23)21-18-12-17(20-3)14(2)15-9-5-6-10-16(15)18/h4-12,20-21H,1-3H3. The minimum absolute atomic E-state index is 0.292. The molecule has 3 aromatic rings. The molecule has 2 N–H and O–H groups in total. The highest BCUT2D eigenvalue weighted by Crippen LogP contribution is 2.33. The summed E-state index contributed by atoms with van der Waals surface area (Å²) in [6.07, 6.45) is 0. The number of aryl methyl sites for hydroxylation is 2. The molecule has 0 fully saturated rings. The number of sulfonamides is 1. The molecule has 5 heteroatoms. The summed E-state index contributed by atoms with van der Waals surface area (Å²) in [5.74, 6) is 0. The average Bonchev–Trinajstić information content (AvgIpc) is 2.57. The van der Waals surface area contributed by atoms with Crippen molar-refractivity contribution in [3.63, 3.8) is 0 Å². The summed E-state index contributed by atoms with van der Waals surface area (Å²) >= 11 is 0. The summed E-state index contributed by atoms with van der Waals surface area (Å²) < 4.78 is 28.4. The van der Waals surface area contributed by atoms with E-state index in [0.29, 0.717) is 10.6 Å². The smallest absolute Gasteiger partial charge is 0.262 e. The maximum Gasteiger partial charge on any atom is 0.262 e. The largest absolute Gasteiger partial charge is 0.388 e. The van der Waals surface area contributed by atoms with Gasteiger partial charge in [-0.15, -0.1) is 0 Å². The van der Waals surface area contributed by atoms with Crippen molar-refractivity contribution in [1.82, 2.24) is 0 Å². The Kier molecular flexibility index (Phi) is 4.20. The Bertz CT molecular complexity index is 1010. The van der Waals surface area contributed by atoms with E-state index in [0.717, 1.165) is 27.6 Å². The number of hydrogen-bond acceptors (Lipinski definition) is 3. The van der Waals surface area contributed by atoms with Crippen LogP contribution in [0.3, 0.4) is 0 Å². The second-order valence-electron chi connectivity index (χ2n) is 5.76. The van der Waals surface area contributed by atoms with Crippen molar-refractivity contribution in [2.75, 3.05) is 17.1 Å². The van der Waals surface area contributed by atoms with Crippen LogP contribution in [-0.2, 0) is 10.0 Å². The van der Waals surface area contributed by atoms with Crippen molar-refractivity contribution < 1.29 is 8.42 Å². The van der Waals surface area contributed by atoms with Crippen LogP contribution < -0.4 is 10.0 Å². The Morgan fingerprint density at radius 3 is 2.12 bits per heavy atom. The third kappa shape index (κ3) is 2.83. The van der Waals surface area contributed by atoms with Gasteiger partial charge in [0.25, 0.3) is 10.0 Å². The van der Waals surface area contributed by atoms with E-state index in [1.165, 1.54) is 0 Å². The van der Waals surface area contributed by atoms with E-state index < -0.39 is 10.0 Å². The molecule has 124 valence electrons. The van der Waals surface area contributed by atoms with Gasteiger partial charge in [-0.2, -0.15) is 0 Å². The first kappa shape index (κ1) is 16.3. The van der Waals surface area contributed by atoms with Gasteiger partial charge in [-0.25, -0.2) is 8.42 Å². The van der Waals surface area contributed by atoms with E-state index in [1.54, 1.807) is 25.1 Å². The van der Waals surface area contributed by atoms with Crippen LogP contribution in [-0.4, -0.2) is 15.5 Å². The molecule has 0 saturated carbocycles. The molecule has 0 radical (unpaired) electrons. The fourth-order valence-electron chi connectivity index (χ4n) is 2.92. The number of fused-ring (bicyclic) bond motifs is 1.